The quantitative estimate of drug-likeness (QED) is 0.101. The number of carbonyl (C=O) groups is 1. The van der Waals surface area contributed by atoms with Gasteiger partial charge < -0.3 is 10.5 Å². The maximum atomic E-state index is 13.6. The van der Waals surface area contributed by atoms with Gasteiger partial charge in [0.25, 0.3) is 10.9 Å². The maximum absolute atomic E-state index is 13.6. The molecule has 9 nitrogen and oxygen atoms in total. The van der Waals surface area contributed by atoms with Crippen molar-refractivity contribution in [3.63, 3.8) is 0 Å². The van der Waals surface area contributed by atoms with Crippen LogP contribution in [-0.2, 0) is 12.3 Å². The van der Waals surface area contributed by atoms with Gasteiger partial charge in [0.2, 0.25) is 0 Å². The number of ether oxygens (including phenoxy) is 1. The number of thioether (sulfide) groups is 1. The van der Waals surface area contributed by atoms with Gasteiger partial charge in [-0.15, -0.1) is 0 Å². The standard InChI is InChI=1S/C16H16FN5O4S2/c17-11-1-3-14(10(5-11)8-28-15(18)19)26-13-4-2-12(22(24)25)6-9(13)7-21(20)16(23)27/h1-6H,7-8,20H2,(H3,18,19)(H,23,27). The monoisotopic (exact) mass is 425 g/mol. The van der Waals surface area contributed by atoms with Crippen LogP contribution >= 0.6 is 24.4 Å². The van der Waals surface area contributed by atoms with Crippen molar-refractivity contribution >= 4 is 40.5 Å². The Labute approximate surface area is 168 Å². The summed E-state index contributed by atoms with van der Waals surface area (Å²) in [5, 5.41) is 18.2. The van der Waals surface area contributed by atoms with Gasteiger partial charge in [0.1, 0.15) is 17.3 Å². The number of nitro groups is 1. The van der Waals surface area contributed by atoms with Crippen molar-refractivity contribution < 1.29 is 18.8 Å². The molecule has 2 aromatic carbocycles. The summed E-state index contributed by atoms with van der Waals surface area (Å²) in [5.41, 5.74) is 5.80. The minimum Gasteiger partial charge on any atom is -0.457 e. The zero-order valence-corrected chi connectivity index (χ0v) is 16.0. The van der Waals surface area contributed by atoms with Crippen LogP contribution in [0.2, 0.25) is 0 Å². The van der Waals surface area contributed by atoms with Crippen molar-refractivity contribution in [3.05, 3.63) is 63.5 Å². The Kier molecular flexibility index (Phi) is 7.20. The van der Waals surface area contributed by atoms with E-state index in [0.717, 1.165) is 16.8 Å². The number of carbonyl (C=O) groups excluding carboxylic acids is 1. The zero-order chi connectivity index (χ0) is 20.8. The number of nitrogens with one attached hydrogen (secondary N) is 1. The van der Waals surface area contributed by atoms with Gasteiger partial charge >= 0.3 is 0 Å². The Bertz CT molecular complexity index is 928. The number of non-ortho nitro benzene ring substituents is 1. The molecule has 0 radical (unpaired) electrons. The molecule has 0 atom stereocenters. The van der Waals surface area contributed by atoms with E-state index in [0.29, 0.717) is 5.56 Å². The van der Waals surface area contributed by atoms with E-state index in [2.05, 4.69) is 12.6 Å². The smallest absolute Gasteiger partial charge is 0.292 e. The highest BCUT2D eigenvalue weighted by molar-refractivity contribution is 8.13. The van der Waals surface area contributed by atoms with E-state index >= 15 is 0 Å². The number of nitrogens with two attached hydrogens (primary N) is 2. The second-order valence-corrected chi connectivity index (χ2v) is 6.87. The predicted molar refractivity (Wildman–Crippen MR) is 107 cm³/mol. The van der Waals surface area contributed by atoms with Crippen molar-refractivity contribution in [2.75, 3.05) is 0 Å². The molecule has 0 aliphatic carbocycles. The number of hydrogen-bond donors (Lipinski definition) is 4. The summed E-state index contributed by atoms with van der Waals surface area (Å²) in [5.74, 6) is 5.71. The first-order valence-electron chi connectivity index (χ1n) is 7.63. The molecule has 12 heteroatoms. The van der Waals surface area contributed by atoms with Crippen molar-refractivity contribution in [1.82, 2.24) is 5.01 Å². The summed E-state index contributed by atoms with van der Waals surface area (Å²) in [6.07, 6.45) is 0. The van der Waals surface area contributed by atoms with Crippen LogP contribution in [0.1, 0.15) is 11.1 Å². The topological polar surface area (TPSA) is 149 Å². The third-order valence-electron chi connectivity index (χ3n) is 3.47. The summed E-state index contributed by atoms with van der Waals surface area (Å²) >= 11 is 4.59. The van der Waals surface area contributed by atoms with Crippen molar-refractivity contribution in [3.8, 4) is 11.5 Å². The highest BCUT2D eigenvalue weighted by atomic mass is 32.2. The fraction of sp³-hybridized carbons (Fsp3) is 0.125. The molecule has 28 heavy (non-hydrogen) atoms. The van der Waals surface area contributed by atoms with Crippen LogP contribution in [0.4, 0.5) is 14.9 Å². The lowest BCUT2D eigenvalue weighted by atomic mass is 10.1. The number of halogens is 1. The normalized spacial score (nSPS) is 10.4. The Morgan fingerprint density at radius 3 is 2.54 bits per heavy atom. The molecule has 1 amide bonds. The minimum atomic E-state index is -0.738. The number of amidine groups is 1. The number of benzene rings is 2. The number of nitro benzene ring substituents is 1. The molecule has 0 heterocycles. The SMILES string of the molecule is N=C(N)SCc1cc(F)ccc1Oc1ccc([N+](=O)[O-])cc1CN(N)C(=O)S. The Balaban J connectivity index is 2.40. The van der Waals surface area contributed by atoms with Gasteiger partial charge in [-0.1, -0.05) is 24.4 Å². The number of thiol groups is 1. The predicted octanol–water partition coefficient (Wildman–Crippen LogP) is 3.38. The van der Waals surface area contributed by atoms with Crippen molar-refractivity contribution in [1.29, 1.82) is 5.41 Å². The number of hydrazine groups is 1. The van der Waals surface area contributed by atoms with Gasteiger partial charge in [0.15, 0.2) is 5.17 Å². The number of nitrogens with zero attached hydrogens (tertiary/aromatic N) is 2. The average molecular weight is 425 g/mol. The minimum absolute atomic E-state index is 0.141. The van der Waals surface area contributed by atoms with Crippen LogP contribution in [-0.4, -0.2) is 20.3 Å². The average Bonchev–Trinajstić information content (AvgIpc) is 2.62. The summed E-state index contributed by atoms with van der Waals surface area (Å²) < 4.78 is 19.4. The first-order valence-corrected chi connectivity index (χ1v) is 9.06. The summed E-state index contributed by atoms with van der Waals surface area (Å²) in [6.45, 7) is -0.196. The summed E-state index contributed by atoms with van der Waals surface area (Å²) in [7, 11) is 0. The molecule has 2 rings (SSSR count). The molecule has 148 valence electrons. The van der Waals surface area contributed by atoms with Crippen LogP contribution < -0.4 is 16.3 Å². The molecule has 0 aliphatic rings. The fourth-order valence-electron chi connectivity index (χ4n) is 2.19. The molecule has 0 aromatic heterocycles. The first kappa shape index (κ1) is 21.5. The lowest BCUT2D eigenvalue weighted by Gasteiger charge is -2.18. The molecule has 0 saturated heterocycles. The first-order chi connectivity index (χ1) is 13.2. The van der Waals surface area contributed by atoms with E-state index in [-0.39, 0.29) is 40.2 Å². The molecule has 0 unspecified atom stereocenters. The second kappa shape index (κ2) is 9.39. The number of hydrogen-bond acceptors (Lipinski definition) is 7. The van der Waals surface area contributed by atoms with Gasteiger partial charge in [-0.2, -0.15) is 0 Å². The molecule has 0 bridgehead atoms. The van der Waals surface area contributed by atoms with E-state index in [1.807, 2.05) is 0 Å². The van der Waals surface area contributed by atoms with E-state index in [4.69, 9.17) is 21.7 Å². The van der Waals surface area contributed by atoms with E-state index in [1.54, 1.807) is 0 Å². The maximum Gasteiger partial charge on any atom is 0.292 e. The molecule has 5 N–H and O–H groups in total. The summed E-state index contributed by atoms with van der Waals surface area (Å²) in [6, 6.07) is 7.63. The lowest BCUT2D eigenvalue weighted by molar-refractivity contribution is -0.384. The van der Waals surface area contributed by atoms with Crippen LogP contribution in [0.5, 0.6) is 11.5 Å². The van der Waals surface area contributed by atoms with Gasteiger partial charge in [-0.3, -0.25) is 25.3 Å². The molecule has 0 aliphatic heterocycles. The second-order valence-electron chi connectivity index (χ2n) is 5.47. The van der Waals surface area contributed by atoms with Crippen molar-refractivity contribution in [2.24, 2.45) is 11.6 Å². The van der Waals surface area contributed by atoms with Crippen LogP contribution in [0, 0.1) is 21.3 Å². The van der Waals surface area contributed by atoms with Crippen LogP contribution in [0.25, 0.3) is 0 Å². The highest BCUT2D eigenvalue weighted by Crippen LogP contribution is 2.33. The molecule has 0 fully saturated rings. The Hall–Kier alpha value is -2.83. The summed E-state index contributed by atoms with van der Waals surface area (Å²) in [4.78, 5) is 21.7. The van der Waals surface area contributed by atoms with Gasteiger partial charge in [-0.25, -0.2) is 10.2 Å². The number of amides is 1. The Morgan fingerprint density at radius 2 is 1.93 bits per heavy atom. The van der Waals surface area contributed by atoms with E-state index < -0.39 is 16.0 Å². The zero-order valence-electron chi connectivity index (χ0n) is 14.3. The molecular weight excluding hydrogens is 409 g/mol. The number of rotatable bonds is 7. The van der Waals surface area contributed by atoms with Gasteiger partial charge in [0, 0.05) is 29.0 Å². The lowest BCUT2D eigenvalue weighted by Crippen LogP contribution is -2.32. The third kappa shape index (κ3) is 5.84. The Morgan fingerprint density at radius 1 is 1.29 bits per heavy atom. The molecule has 0 spiro atoms. The molecule has 0 saturated carbocycles. The third-order valence-corrected chi connectivity index (χ3v) is 4.49. The van der Waals surface area contributed by atoms with Crippen LogP contribution in [0.15, 0.2) is 36.4 Å². The highest BCUT2D eigenvalue weighted by Gasteiger charge is 2.17. The van der Waals surface area contributed by atoms with Gasteiger partial charge in [-0.05, 0) is 24.3 Å². The van der Waals surface area contributed by atoms with E-state index in [1.165, 1.54) is 36.4 Å². The molecule has 2 aromatic rings. The van der Waals surface area contributed by atoms with Gasteiger partial charge in [0.05, 0.1) is 11.5 Å². The molecular formula is C16H16FN5O4S2. The largest absolute Gasteiger partial charge is 0.457 e. The van der Waals surface area contributed by atoms with Crippen LogP contribution in [0.3, 0.4) is 0 Å². The van der Waals surface area contributed by atoms with Crippen molar-refractivity contribution in [2.45, 2.75) is 12.3 Å². The fourth-order valence-corrected chi connectivity index (χ4v) is 2.80. The van der Waals surface area contributed by atoms with E-state index in [9.17, 15) is 19.3 Å².